The summed E-state index contributed by atoms with van der Waals surface area (Å²) in [6.45, 7) is 1.29. The molecule has 92 valence electrons. The van der Waals surface area contributed by atoms with E-state index >= 15 is 0 Å². The third-order valence-corrected chi connectivity index (χ3v) is 2.04. The van der Waals surface area contributed by atoms with E-state index < -0.39 is 18.3 Å². The number of nitrogens with one attached hydrogen (secondary N) is 1. The number of hydrogen-bond acceptors (Lipinski definition) is 4. The Morgan fingerprint density at radius 2 is 1.94 bits per heavy atom. The van der Waals surface area contributed by atoms with Gasteiger partial charge in [0.05, 0.1) is 7.11 Å². The second-order valence-electron chi connectivity index (χ2n) is 3.42. The van der Waals surface area contributed by atoms with Crippen LogP contribution in [0, 0.1) is 0 Å². The van der Waals surface area contributed by atoms with Gasteiger partial charge in [0, 0.05) is 13.3 Å². The molecule has 0 aliphatic rings. The predicted molar refractivity (Wildman–Crippen MR) is 61.2 cm³/mol. The smallest absolute Gasteiger partial charge is 0.409 e. The van der Waals surface area contributed by atoms with Gasteiger partial charge in [0.1, 0.15) is 0 Å². The number of methoxy groups -OCH3 is 1. The largest absolute Gasteiger partial charge is 0.453 e. The SMILES string of the molecule is COC(=O)N[C@@H](Cc1ccccc1)OC(C)=O. The van der Waals surface area contributed by atoms with E-state index in [4.69, 9.17) is 4.74 Å². The van der Waals surface area contributed by atoms with Crippen LogP contribution in [0.5, 0.6) is 0 Å². The van der Waals surface area contributed by atoms with Crippen LogP contribution >= 0.6 is 0 Å². The number of amides is 1. The Hall–Kier alpha value is -2.04. The molecule has 17 heavy (non-hydrogen) atoms. The van der Waals surface area contributed by atoms with Crippen LogP contribution in [0.4, 0.5) is 4.79 Å². The molecule has 1 rings (SSSR count). The second-order valence-corrected chi connectivity index (χ2v) is 3.42. The molecule has 1 aromatic rings. The van der Waals surface area contributed by atoms with E-state index in [-0.39, 0.29) is 0 Å². The van der Waals surface area contributed by atoms with Crippen LogP contribution < -0.4 is 5.32 Å². The average molecular weight is 237 g/mol. The van der Waals surface area contributed by atoms with Gasteiger partial charge in [-0.15, -0.1) is 0 Å². The Labute approximate surface area is 99.7 Å². The Kier molecular flexibility index (Phi) is 5.00. The van der Waals surface area contributed by atoms with Crippen molar-refractivity contribution in [3.05, 3.63) is 35.9 Å². The third kappa shape index (κ3) is 5.01. The predicted octanol–water partition coefficient (Wildman–Crippen LogP) is 1.47. The van der Waals surface area contributed by atoms with E-state index in [0.717, 1.165) is 5.56 Å². The molecule has 5 nitrogen and oxygen atoms in total. The molecule has 1 atom stereocenters. The Morgan fingerprint density at radius 3 is 2.47 bits per heavy atom. The number of ether oxygens (including phenoxy) is 2. The van der Waals surface area contributed by atoms with Crippen LogP contribution in [0.1, 0.15) is 12.5 Å². The molecule has 5 heteroatoms. The van der Waals surface area contributed by atoms with Gasteiger partial charge in [0.25, 0.3) is 0 Å². The van der Waals surface area contributed by atoms with Gasteiger partial charge < -0.3 is 9.47 Å². The van der Waals surface area contributed by atoms with E-state index in [0.29, 0.717) is 6.42 Å². The van der Waals surface area contributed by atoms with Crippen LogP contribution in [-0.4, -0.2) is 25.4 Å². The van der Waals surface area contributed by atoms with E-state index in [1.165, 1.54) is 14.0 Å². The topological polar surface area (TPSA) is 64.6 Å². The maximum absolute atomic E-state index is 11.1. The first-order valence-corrected chi connectivity index (χ1v) is 5.17. The van der Waals surface area contributed by atoms with Crippen molar-refractivity contribution in [1.29, 1.82) is 0 Å². The molecule has 1 amide bonds. The minimum absolute atomic E-state index is 0.398. The van der Waals surface area contributed by atoms with Crippen molar-refractivity contribution >= 4 is 12.1 Å². The molecule has 1 N–H and O–H groups in total. The van der Waals surface area contributed by atoms with Gasteiger partial charge in [-0.25, -0.2) is 4.79 Å². The van der Waals surface area contributed by atoms with Crippen LogP contribution in [0.3, 0.4) is 0 Å². The monoisotopic (exact) mass is 237 g/mol. The van der Waals surface area contributed by atoms with Crippen LogP contribution in [-0.2, 0) is 20.7 Å². The van der Waals surface area contributed by atoms with Gasteiger partial charge >= 0.3 is 12.1 Å². The number of carbonyl (C=O) groups excluding carboxylic acids is 2. The van der Waals surface area contributed by atoms with Gasteiger partial charge in [-0.05, 0) is 5.56 Å². The zero-order chi connectivity index (χ0) is 12.7. The summed E-state index contributed by atoms with van der Waals surface area (Å²) in [4.78, 5) is 22.0. The molecular formula is C12H15NO4. The summed E-state index contributed by atoms with van der Waals surface area (Å²) >= 11 is 0. The number of esters is 1. The van der Waals surface area contributed by atoms with Gasteiger partial charge in [0.2, 0.25) is 0 Å². The highest BCUT2D eigenvalue weighted by atomic mass is 16.6. The van der Waals surface area contributed by atoms with Crippen molar-refractivity contribution in [1.82, 2.24) is 5.32 Å². The zero-order valence-electron chi connectivity index (χ0n) is 9.80. The highest BCUT2D eigenvalue weighted by Crippen LogP contribution is 2.04. The fraction of sp³-hybridized carbons (Fsp3) is 0.333. The van der Waals surface area contributed by atoms with Crippen molar-refractivity contribution in [2.45, 2.75) is 19.6 Å². The van der Waals surface area contributed by atoms with E-state index in [2.05, 4.69) is 10.1 Å². The molecule has 0 bridgehead atoms. The fourth-order valence-corrected chi connectivity index (χ4v) is 1.34. The molecular weight excluding hydrogens is 222 g/mol. The number of carbonyl (C=O) groups is 2. The molecule has 0 fully saturated rings. The molecule has 0 heterocycles. The average Bonchev–Trinajstić information content (AvgIpc) is 2.29. The number of benzene rings is 1. The van der Waals surface area contributed by atoms with Crippen molar-refractivity contribution in [3.63, 3.8) is 0 Å². The Balaban J connectivity index is 2.63. The number of hydrogen-bond donors (Lipinski definition) is 1. The summed E-state index contributed by atoms with van der Waals surface area (Å²) < 4.78 is 9.43. The van der Waals surface area contributed by atoms with E-state index in [9.17, 15) is 9.59 Å². The molecule has 0 aromatic heterocycles. The molecule has 0 aliphatic carbocycles. The maximum atomic E-state index is 11.1. The summed E-state index contributed by atoms with van der Waals surface area (Å²) in [5.74, 6) is -0.456. The number of alkyl carbamates (subject to hydrolysis) is 1. The molecule has 0 radical (unpaired) electrons. The van der Waals surface area contributed by atoms with Crippen molar-refractivity contribution in [2.24, 2.45) is 0 Å². The molecule has 0 spiro atoms. The summed E-state index contributed by atoms with van der Waals surface area (Å²) in [6, 6.07) is 9.40. The summed E-state index contributed by atoms with van der Waals surface area (Å²) in [5.41, 5.74) is 0.954. The fourth-order valence-electron chi connectivity index (χ4n) is 1.34. The van der Waals surface area contributed by atoms with Crippen molar-refractivity contribution < 1.29 is 19.1 Å². The van der Waals surface area contributed by atoms with E-state index in [1.54, 1.807) is 0 Å². The lowest BCUT2D eigenvalue weighted by molar-refractivity contribution is -0.147. The van der Waals surface area contributed by atoms with Gasteiger partial charge in [-0.2, -0.15) is 0 Å². The molecule has 0 saturated carbocycles. The third-order valence-electron chi connectivity index (χ3n) is 2.04. The van der Waals surface area contributed by atoms with Gasteiger partial charge in [-0.1, -0.05) is 30.3 Å². The Morgan fingerprint density at radius 1 is 1.29 bits per heavy atom. The van der Waals surface area contributed by atoms with Crippen molar-refractivity contribution in [3.8, 4) is 0 Å². The summed E-state index contributed by atoms with van der Waals surface area (Å²) in [6.07, 6.45) is -0.954. The van der Waals surface area contributed by atoms with E-state index in [1.807, 2.05) is 30.3 Å². The number of rotatable bonds is 4. The van der Waals surface area contributed by atoms with Crippen LogP contribution in [0.2, 0.25) is 0 Å². The summed E-state index contributed by atoms with van der Waals surface area (Å²) in [7, 11) is 1.25. The normalized spacial score (nSPS) is 11.4. The molecule has 0 unspecified atom stereocenters. The molecule has 1 aromatic carbocycles. The standard InChI is InChI=1S/C12H15NO4/c1-9(14)17-11(13-12(15)16-2)8-10-6-4-3-5-7-10/h3-7,11H,8H2,1-2H3,(H,13,15)/t11-/m1/s1. The van der Waals surface area contributed by atoms with Crippen molar-refractivity contribution in [2.75, 3.05) is 7.11 Å². The quantitative estimate of drug-likeness (QED) is 0.636. The molecule has 0 aliphatic heterocycles. The minimum Gasteiger partial charge on any atom is -0.453 e. The Bertz CT molecular complexity index is 377. The first kappa shape index (κ1) is 13.0. The lowest BCUT2D eigenvalue weighted by atomic mass is 10.1. The van der Waals surface area contributed by atoms with Gasteiger partial charge in [0.15, 0.2) is 6.23 Å². The summed E-state index contributed by atoms with van der Waals surface area (Å²) in [5, 5.41) is 2.44. The second kappa shape index (κ2) is 6.52. The van der Waals surface area contributed by atoms with Crippen LogP contribution in [0.15, 0.2) is 30.3 Å². The highest BCUT2D eigenvalue weighted by Gasteiger charge is 2.15. The first-order valence-electron chi connectivity index (χ1n) is 5.17. The maximum Gasteiger partial charge on any atom is 0.409 e. The lowest BCUT2D eigenvalue weighted by Gasteiger charge is -2.17. The van der Waals surface area contributed by atoms with Crippen LogP contribution in [0.25, 0.3) is 0 Å². The molecule has 0 saturated heterocycles. The first-order chi connectivity index (χ1) is 8.11. The highest BCUT2D eigenvalue weighted by molar-refractivity contribution is 5.69. The minimum atomic E-state index is -0.720. The zero-order valence-corrected chi connectivity index (χ0v) is 9.80. The lowest BCUT2D eigenvalue weighted by Crippen LogP contribution is -2.39. The van der Waals surface area contributed by atoms with Gasteiger partial charge in [-0.3, -0.25) is 10.1 Å².